The number of ether oxygens (including phenoxy) is 1. The predicted octanol–water partition coefficient (Wildman–Crippen LogP) is 2.10. The SMILES string of the molecule is C[C@H](CC(=O)N1CCO[C@@H](CC(=O)O)C1)Cc1cccc(F)c1. The van der Waals surface area contributed by atoms with Crippen molar-refractivity contribution >= 4 is 11.9 Å². The summed E-state index contributed by atoms with van der Waals surface area (Å²) in [6.07, 6.45) is 0.453. The fraction of sp³-hybridized carbons (Fsp3) is 0.529. The Morgan fingerprint density at radius 2 is 2.26 bits per heavy atom. The summed E-state index contributed by atoms with van der Waals surface area (Å²) >= 11 is 0. The standard InChI is InChI=1S/C17H22FNO4/c1-12(7-13-3-2-4-14(18)9-13)8-16(20)19-5-6-23-15(11-19)10-17(21)22/h2-4,9,12,15H,5-8,10-11H2,1H3,(H,21,22)/t12-,15-/m0/s1. The van der Waals surface area contributed by atoms with Gasteiger partial charge < -0.3 is 14.7 Å². The van der Waals surface area contributed by atoms with Crippen molar-refractivity contribution in [2.45, 2.75) is 32.3 Å². The van der Waals surface area contributed by atoms with E-state index >= 15 is 0 Å². The summed E-state index contributed by atoms with van der Waals surface area (Å²) in [7, 11) is 0. The van der Waals surface area contributed by atoms with Crippen LogP contribution in [-0.2, 0) is 20.7 Å². The molecule has 0 aliphatic carbocycles. The van der Waals surface area contributed by atoms with E-state index in [1.165, 1.54) is 12.1 Å². The highest BCUT2D eigenvalue weighted by Crippen LogP contribution is 2.16. The molecule has 0 saturated carbocycles. The third-order valence-electron chi connectivity index (χ3n) is 3.89. The van der Waals surface area contributed by atoms with Gasteiger partial charge in [0.15, 0.2) is 0 Å². The molecule has 5 nitrogen and oxygen atoms in total. The zero-order chi connectivity index (χ0) is 16.8. The number of carboxylic acids is 1. The molecule has 0 spiro atoms. The van der Waals surface area contributed by atoms with Gasteiger partial charge in [0, 0.05) is 19.5 Å². The van der Waals surface area contributed by atoms with Crippen LogP contribution in [-0.4, -0.2) is 47.7 Å². The fourth-order valence-electron chi connectivity index (χ4n) is 2.83. The molecule has 2 atom stereocenters. The number of hydrogen-bond acceptors (Lipinski definition) is 3. The van der Waals surface area contributed by atoms with Crippen molar-refractivity contribution in [3.63, 3.8) is 0 Å². The summed E-state index contributed by atoms with van der Waals surface area (Å²) in [5, 5.41) is 8.81. The number of carbonyl (C=O) groups is 2. The molecule has 0 radical (unpaired) electrons. The summed E-state index contributed by atoms with van der Waals surface area (Å²) in [5.74, 6) is -1.12. The van der Waals surface area contributed by atoms with E-state index in [2.05, 4.69) is 0 Å². The van der Waals surface area contributed by atoms with Crippen LogP contribution in [0.15, 0.2) is 24.3 Å². The molecule has 6 heteroatoms. The monoisotopic (exact) mass is 323 g/mol. The minimum atomic E-state index is -0.927. The van der Waals surface area contributed by atoms with Crippen molar-refractivity contribution < 1.29 is 23.8 Å². The van der Waals surface area contributed by atoms with E-state index < -0.39 is 12.1 Å². The number of nitrogens with zero attached hydrogens (tertiary/aromatic N) is 1. The van der Waals surface area contributed by atoms with E-state index in [1.54, 1.807) is 11.0 Å². The van der Waals surface area contributed by atoms with E-state index in [4.69, 9.17) is 9.84 Å². The van der Waals surface area contributed by atoms with Gasteiger partial charge in [-0.2, -0.15) is 0 Å². The summed E-state index contributed by atoms with van der Waals surface area (Å²) in [4.78, 5) is 24.8. The summed E-state index contributed by atoms with van der Waals surface area (Å²) < 4.78 is 18.5. The molecule has 1 saturated heterocycles. The van der Waals surface area contributed by atoms with E-state index in [9.17, 15) is 14.0 Å². The summed E-state index contributed by atoms with van der Waals surface area (Å²) in [6, 6.07) is 6.40. The van der Waals surface area contributed by atoms with Crippen molar-refractivity contribution in [1.29, 1.82) is 0 Å². The molecule has 23 heavy (non-hydrogen) atoms. The highest BCUT2D eigenvalue weighted by molar-refractivity contribution is 5.76. The average Bonchev–Trinajstić information content (AvgIpc) is 2.46. The van der Waals surface area contributed by atoms with Crippen LogP contribution < -0.4 is 0 Å². The first-order valence-electron chi connectivity index (χ1n) is 7.79. The maximum Gasteiger partial charge on any atom is 0.306 e. The molecule has 1 aliphatic rings. The minimum Gasteiger partial charge on any atom is -0.481 e. The second kappa shape index (κ2) is 8.06. The fourth-order valence-corrected chi connectivity index (χ4v) is 2.83. The Labute approximate surface area is 135 Å². The van der Waals surface area contributed by atoms with Crippen LogP contribution in [0.4, 0.5) is 4.39 Å². The first-order valence-corrected chi connectivity index (χ1v) is 7.79. The predicted molar refractivity (Wildman–Crippen MR) is 82.5 cm³/mol. The molecule has 1 amide bonds. The molecule has 2 rings (SSSR count). The molecule has 0 bridgehead atoms. The van der Waals surface area contributed by atoms with E-state index in [0.717, 1.165) is 5.56 Å². The lowest BCUT2D eigenvalue weighted by atomic mass is 9.97. The van der Waals surface area contributed by atoms with E-state index in [-0.39, 0.29) is 24.1 Å². The van der Waals surface area contributed by atoms with Gasteiger partial charge in [-0.1, -0.05) is 19.1 Å². The van der Waals surface area contributed by atoms with Gasteiger partial charge >= 0.3 is 5.97 Å². The molecule has 1 N–H and O–H groups in total. The number of rotatable bonds is 6. The van der Waals surface area contributed by atoms with Crippen molar-refractivity contribution in [3.8, 4) is 0 Å². The Morgan fingerprint density at radius 3 is 2.96 bits per heavy atom. The number of morpholine rings is 1. The molecule has 0 unspecified atom stereocenters. The first kappa shape index (κ1) is 17.4. The third kappa shape index (κ3) is 5.63. The van der Waals surface area contributed by atoms with Crippen LogP contribution in [0, 0.1) is 11.7 Å². The van der Waals surface area contributed by atoms with Crippen LogP contribution in [0.5, 0.6) is 0 Å². The Balaban J connectivity index is 1.84. The third-order valence-corrected chi connectivity index (χ3v) is 3.89. The average molecular weight is 323 g/mol. The lowest BCUT2D eigenvalue weighted by Gasteiger charge is -2.33. The highest BCUT2D eigenvalue weighted by atomic mass is 19.1. The van der Waals surface area contributed by atoms with Crippen molar-refractivity contribution in [2.24, 2.45) is 5.92 Å². The van der Waals surface area contributed by atoms with Gasteiger partial charge in [0.2, 0.25) is 5.91 Å². The van der Waals surface area contributed by atoms with Gasteiger partial charge in [-0.25, -0.2) is 4.39 Å². The van der Waals surface area contributed by atoms with Crippen molar-refractivity contribution in [2.75, 3.05) is 19.7 Å². The maximum atomic E-state index is 13.2. The van der Waals surface area contributed by atoms with E-state index in [1.807, 2.05) is 13.0 Å². The Hall–Kier alpha value is -1.95. The molecule has 1 fully saturated rings. The first-order chi connectivity index (χ1) is 10.9. The van der Waals surface area contributed by atoms with Crippen LogP contribution >= 0.6 is 0 Å². The molecular weight excluding hydrogens is 301 g/mol. The van der Waals surface area contributed by atoms with Crippen molar-refractivity contribution in [1.82, 2.24) is 4.90 Å². The van der Waals surface area contributed by atoms with Gasteiger partial charge in [0.1, 0.15) is 5.82 Å². The molecule has 1 aliphatic heterocycles. The normalized spacial score (nSPS) is 19.4. The van der Waals surface area contributed by atoms with Gasteiger partial charge in [-0.05, 0) is 30.0 Å². The second-order valence-electron chi connectivity index (χ2n) is 6.07. The van der Waals surface area contributed by atoms with Crippen LogP contribution in [0.1, 0.15) is 25.3 Å². The van der Waals surface area contributed by atoms with Crippen LogP contribution in [0.2, 0.25) is 0 Å². The lowest BCUT2D eigenvalue weighted by Crippen LogP contribution is -2.46. The second-order valence-corrected chi connectivity index (χ2v) is 6.07. The smallest absolute Gasteiger partial charge is 0.306 e. The zero-order valence-electron chi connectivity index (χ0n) is 13.2. The zero-order valence-corrected chi connectivity index (χ0v) is 13.2. The Bertz CT molecular complexity index is 563. The number of halogens is 1. The largest absolute Gasteiger partial charge is 0.481 e. The molecule has 1 aromatic rings. The summed E-state index contributed by atoms with van der Waals surface area (Å²) in [5.41, 5.74) is 0.871. The maximum absolute atomic E-state index is 13.2. The quantitative estimate of drug-likeness (QED) is 0.870. The van der Waals surface area contributed by atoms with Gasteiger partial charge in [0.05, 0.1) is 19.1 Å². The minimum absolute atomic E-state index is 0.00686. The molecule has 126 valence electrons. The highest BCUT2D eigenvalue weighted by Gasteiger charge is 2.26. The molecule has 1 aromatic carbocycles. The van der Waals surface area contributed by atoms with Gasteiger partial charge in [-0.15, -0.1) is 0 Å². The number of carboxylic acid groups (broad SMARTS) is 1. The number of hydrogen-bond donors (Lipinski definition) is 1. The van der Waals surface area contributed by atoms with E-state index in [0.29, 0.717) is 32.5 Å². The van der Waals surface area contributed by atoms with Crippen molar-refractivity contribution in [3.05, 3.63) is 35.6 Å². The number of aliphatic carboxylic acids is 1. The Morgan fingerprint density at radius 1 is 1.48 bits per heavy atom. The van der Waals surface area contributed by atoms with Crippen LogP contribution in [0.3, 0.4) is 0 Å². The lowest BCUT2D eigenvalue weighted by molar-refractivity contribution is -0.148. The molecular formula is C17H22FNO4. The number of carbonyl (C=O) groups excluding carboxylic acids is 1. The molecule has 1 heterocycles. The Kier molecular flexibility index (Phi) is 6.10. The number of amides is 1. The van der Waals surface area contributed by atoms with Crippen LogP contribution in [0.25, 0.3) is 0 Å². The molecule has 0 aromatic heterocycles. The number of benzene rings is 1. The van der Waals surface area contributed by atoms with Gasteiger partial charge in [-0.3, -0.25) is 9.59 Å². The van der Waals surface area contributed by atoms with Gasteiger partial charge in [0.25, 0.3) is 0 Å². The topological polar surface area (TPSA) is 66.8 Å². The summed E-state index contributed by atoms with van der Waals surface area (Å²) in [6.45, 7) is 3.12.